The van der Waals surface area contributed by atoms with Crippen LogP contribution in [-0.4, -0.2) is 30.5 Å². The van der Waals surface area contributed by atoms with Crippen LogP contribution in [0, 0.1) is 5.41 Å². The van der Waals surface area contributed by atoms with Crippen LogP contribution in [0.5, 0.6) is 5.75 Å². The predicted octanol–water partition coefficient (Wildman–Crippen LogP) is 2.69. The van der Waals surface area contributed by atoms with Gasteiger partial charge in [0.25, 0.3) is 5.91 Å². The highest BCUT2D eigenvalue weighted by Crippen LogP contribution is 2.36. The van der Waals surface area contributed by atoms with Crippen molar-refractivity contribution in [1.29, 1.82) is 0 Å². The van der Waals surface area contributed by atoms with E-state index < -0.39 is 0 Å². The van der Waals surface area contributed by atoms with E-state index in [4.69, 9.17) is 10.5 Å². The van der Waals surface area contributed by atoms with Gasteiger partial charge < -0.3 is 15.4 Å². The molecule has 1 aliphatic rings. The average molecular weight is 276 g/mol. The van der Waals surface area contributed by atoms with E-state index in [1.165, 1.54) is 0 Å². The zero-order chi connectivity index (χ0) is 14.6. The fraction of sp³-hybridized carbons (Fsp3) is 0.562. The molecular formula is C16H24N2O2. The quantitative estimate of drug-likeness (QED) is 0.841. The number of nitrogen functional groups attached to an aromatic ring is 1. The van der Waals surface area contributed by atoms with Gasteiger partial charge in [-0.25, -0.2) is 0 Å². The van der Waals surface area contributed by atoms with E-state index in [0.717, 1.165) is 32.4 Å². The van der Waals surface area contributed by atoms with Gasteiger partial charge in [-0.1, -0.05) is 13.8 Å². The van der Waals surface area contributed by atoms with Crippen molar-refractivity contribution in [2.45, 2.75) is 33.1 Å². The highest BCUT2D eigenvalue weighted by molar-refractivity contribution is 5.78. The molecule has 1 fully saturated rings. The Labute approximate surface area is 120 Å². The standard InChI is InChI=1S/C16H24N2O2/c1-3-16(4-2)9-10-18(12-16)15(19)11-20-14-7-5-13(17)6-8-14/h5-8H,3-4,9-12,17H2,1-2H3. The summed E-state index contributed by atoms with van der Waals surface area (Å²) in [6.07, 6.45) is 3.37. The van der Waals surface area contributed by atoms with E-state index in [0.29, 0.717) is 16.9 Å². The molecule has 0 aromatic heterocycles. The minimum absolute atomic E-state index is 0.0746. The maximum Gasteiger partial charge on any atom is 0.260 e. The Morgan fingerprint density at radius 1 is 1.30 bits per heavy atom. The molecule has 4 heteroatoms. The Bertz CT molecular complexity index is 452. The van der Waals surface area contributed by atoms with E-state index >= 15 is 0 Å². The number of amides is 1. The third-order valence-electron chi connectivity index (χ3n) is 4.53. The molecule has 2 rings (SSSR count). The number of likely N-dealkylation sites (tertiary alicyclic amines) is 1. The molecule has 4 nitrogen and oxygen atoms in total. The monoisotopic (exact) mass is 276 g/mol. The van der Waals surface area contributed by atoms with Crippen molar-refractivity contribution >= 4 is 11.6 Å². The minimum atomic E-state index is 0.0746. The Kier molecular flexibility index (Phi) is 4.53. The zero-order valence-electron chi connectivity index (χ0n) is 12.4. The fourth-order valence-electron chi connectivity index (χ4n) is 2.78. The van der Waals surface area contributed by atoms with Crippen molar-refractivity contribution < 1.29 is 9.53 Å². The first kappa shape index (κ1) is 14.7. The van der Waals surface area contributed by atoms with Gasteiger partial charge in [-0.05, 0) is 48.9 Å². The van der Waals surface area contributed by atoms with E-state index in [1.807, 2.05) is 4.90 Å². The summed E-state index contributed by atoms with van der Waals surface area (Å²) >= 11 is 0. The number of benzene rings is 1. The molecule has 1 heterocycles. The third-order valence-corrected chi connectivity index (χ3v) is 4.53. The highest BCUT2D eigenvalue weighted by Gasteiger charge is 2.36. The van der Waals surface area contributed by atoms with Gasteiger partial charge in [0.2, 0.25) is 0 Å². The molecule has 0 unspecified atom stereocenters. The van der Waals surface area contributed by atoms with Crippen molar-refractivity contribution in [2.24, 2.45) is 5.41 Å². The van der Waals surface area contributed by atoms with Gasteiger partial charge in [0, 0.05) is 18.8 Å². The maximum atomic E-state index is 12.2. The molecule has 1 amide bonds. The summed E-state index contributed by atoms with van der Waals surface area (Å²) in [7, 11) is 0. The lowest BCUT2D eigenvalue weighted by Crippen LogP contribution is -2.35. The van der Waals surface area contributed by atoms with Crippen LogP contribution in [0.2, 0.25) is 0 Å². The maximum absolute atomic E-state index is 12.2. The largest absolute Gasteiger partial charge is 0.484 e. The number of ether oxygens (including phenoxy) is 1. The van der Waals surface area contributed by atoms with Gasteiger partial charge in [0.05, 0.1) is 0 Å². The van der Waals surface area contributed by atoms with Gasteiger partial charge in [-0.15, -0.1) is 0 Å². The van der Waals surface area contributed by atoms with Crippen LogP contribution in [0.25, 0.3) is 0 Å². The Morgan fingerprint density at radius 2 is 1.95 bits per heavy atom. The molecular weight excluding hydrogens is 252 g/mol. The molecule has 0 saturated carbocycles. The summed E-state index contributed by atoms with van der Waals surface area (Å²) in [5.41, 5.74) is 6.62. The summed E-state index contributed by atoms with van der Waals surface area (Å²) in [6, 6.07) is 7.12. The summed E-state index contributed by atoms with van der Waals surface area (Å²) in [5.74, 6) is 0.759. The molecule has 0 radical (unpaired) electrons. The Hall–Kier alpha value is -1.71. The molecule has 0 atom stereocenters. The smallest absolute Gasteiger partial charge is 0.260 e. The number of carbonyl (C=O) groups is 1. The fourth-order valence-corrected chi connectivity index (χ4v) is 2.78. The van der Waals surface area contributed by atoms with Crippen molar-refractivity contribution in [2.75, 3.05) is 25.4 Å². The molecule has 1 aliphatic heterocycles. The first-order valence-corrected chi connectivity index (χ1v) is 7.35. The topological polar surface area (TPSA) is 55.6 Å². The van der Waals surface area contributed by atoms with Crippen molar-refractivity contribution in [1.82, 2.24) is 4.90 Å². The zero-order valence-corrected chi connectivity index (χ0v) is 12.4. The molecule has 110 valence electrons. The van der Waals surface area contributed by atoms with E-state index in [9.17, 15) is 4.79 Å². The first-order valence-electron chi connectivity index (χ1n) is 7.35. The molecule has 20 heavy (non-hydrogen) atoms. The summed E-state index contributed by atoms with van der Waals surface area (Å²) in [6.45, 7) is 6.24. The van der Waals surface area contributed by atoms with Gasteiger partial charge in [-0.3, -0.25) is 4.79 Å². The third kappa shape index (κ3) is 3.24. The lowest BCUT2D eigenvalue weighted by Gasteiger charge is -2.26. The number of rotatable bonds is 5. The lowest BCUT2D eigenvalue weighted by atomic mass is 9.82. The number of nitrogens with zero attached hydrogens (tertiary/aromatic N) is 1. The van der Waals surface area contributed by atoms with Crippen molar-refractivity contribution in [3.63, 3.8) is 0 Å². The molecule has 0 aliphatic carbocycles. The van der Waals surface area contributed by atoms with Crippen LogP contribution in [0.15, 0.2) is 24.3 Å². The molecule has 0 spiro atoms. The van der Waals surface area contributed by atoms with Gasteiger partial charge >= 0.3 is 0 Å². The number of nitrogens with two attached hydrogens (primary N) is 1. The van der Waals surface area contributed by atoms with Gasteiger partial charge in [-0.2, -0.15) is 0 Å². The number of hydrogen-bond donors (Lipinski definition) is 1. The SMILES string of the molecule is CCC1(CC)CCN(C(=O)COc2ccc(N)cc2)C1. The van der Waals surface area contributed by atoms with Crippen molar-refractivity contribution in [3.8, 4) is 5.75 Å². The van der Waals surface area contributed by atoms with Crippen LogP contribution in [0.3, 0.4) is 0 Å². The highest BCUT2D eigenvalue weighted by atomic mass is 16.5. The first-order chi connectivity index (χ1) is 9.58. The van der Waals surface area contributed by atoms with Crippen LogP contribution < -0.4 is 10.5 Å². The van der Waals surface area contributed by atoms with Gasteiger partial charge in [0.1, 0.15) is 5.75 Å². The van der Waals surface area contributed by atoms with E-state index in [1.54, 1.807) is 24.3 Å². The number of anilines is 1. The van der Waals surface area contributed by atoms with E-state index in [2.05, 4.69) is 13.8 Å². The molecule has 1 saturated heterocycles. The Balaban J connectivity index is 1.85. The Morgan fingerprint density at radius 3 is 2.50 bits per heavy atom. The predicted molar refractivity (Wildman–Crippen MR) is 80.6 cm³/mol. The molecule has 1 aromatic rings. The average Bonchev–Trinajstić information content (AvgIpc) is 2.91. The molecule has 2 N–H and O–H groups in total. The number of carbonyl (C=O) groups excluding carboxylic acids is 1. The second-order valence-electron chi connectivity index (χ2n) is 5.63. The van der Waals surface area contributed by atoms with E-state index in [-0.39, 0.29) is 12.5 Å². The van der Waals surface area contributed by atoms with Gasteiger partial charge in [0.15, 0.2) is 6.61 Å². The normalized spacial score (nSPS) is 17.2. The van der Waals surface area contributed by atoms with Crippen LogP contribution in [0.4, 0.5) is 5.69 Å². The summed E-state index contributed by atoms with van der Waals surface area (Å²) in [4.78, 5) is 14.1. The summed E-state index contributed by atoms with van der Waals surface area (Å²) < 4.78 is 5.52. The molecule has 0 bridgehead atoms. The van der Waals surface area contributed by atoms with Crippen LogP contribution in [-0.2, 0) is 4.79 Å². The lowest BCUT2D eigenvalue weighted by molar-refractivity contribution is -0.132. The minimum Gasteiger partial charge on any atom is -0.484 e. The summed E-state index contributed by atoms with van der Waals surface area (Å²) in [5, 5.41) is 0. The molecule has 1 aromatic carbocycles. The van der Waals surface area contributed by atoms with Crippen LogP contribution in [0.1, 0.15) is 33.1 Å². The van der Waals surface area contributed by atoms with Crippen molar-refractivity contribution in [3.05, 3.63) is 24.3 Å². The number of hydrogen-bond acceptors (Lipinski definition) is 3. The second kappa shape index (κ2) is 6.16. The second-order valence-corrected chi connectivity index (χ2v) is 5.63. The van der Waals surface area contributed by atoms with Crippen LogP contribution >= 0.6 is 0 Å².